The zero-order valence-corrected chi connectivity index (χ0v) is 7.47. The molecule has 11 heavy (non-hydrogen) atoms. The number of hydrogen-bond acceptors (Lipinski definition) is 2. The van der Waals surface area contributed by atoms with E-state index in [1.165, 1.54) is 6.42 Å². The summed E-state index contributed by atoms with van der Waals surface area (Å²) < 4.78 is 5.14. The Hall–Kier alpha value is -0.0800. The van der Waals surface area contributed by atoms with Gasteiger partial charge in [0.1, 0.15) is 0 Å². The average molecular weight is 158 g/mol. The van der Waals surface area contributed by atoms with Crippen LogP contribution in [-0.2, 0) is 4.74 Å². The van der Waals surface area contributed by atoms with Gasteiger partial charge in [-0.15, -0.1) is 0 Å². The molecule has 0 spiro atoms. The van der Waals surface area contributed by atoms with Gasteiger partial charge in [0.2, 0.25) is 0 Å². The third-order valence-corrected chi connectivity index (χ3v) is 2.83. The Balaban J connectivity index is 2.49. The van der Waals surface area contributed by atoms with Crippen molar-refractivity contribution in [3.63, 3.8) is 0 Å². The smallest absolute Gasteiger partial charge is 0.0905 e. The van der Waals surface area contributed by atoms with E-state index in [0.717, 1.165) is 25.7 Å². The first-order chi connectivity index (χ1) is 5.19. The summed E-state index contributed by atoms with van der Waals surface area (Å²) in [6.45, 7) is 1.95. The summed E-state index contributed by atoms with van der Waals surface area (Å²) in [6.07, 6.45) is 5.35. The minimum Gasteiger partial charge on any atom is -0.387 e. The lowest BCUT2D eigenvalue weighted by atomic mass is 9.81. The van der Waals surface area contributed by atoms with E-state index in [-0.39, 0.29) is 6.10 Å². The van der Waals surface area contributed by atoms with Crippen LogP contribution in [0.4, 0.5) is 0 Å². The molecule has 0 aromatic rings. The van der Waals surface area contributed by atoms with Crippen molar-refractivity contribution in [2.24, 2.45) is 0 Å². The second-order valence-electron chi connectivity index (χ2n) is 3.54. The molecule has 1 saturated carbocycles. The first kappa shape index (κ1) is 9.01. The molecule has 2 heteroatoms. The van der Waals surface area contributed by atoms with E-state index in [2.05, 4.69) is 0 Å². The lowest BCUT2D eigenvalue weighted by molar-refractivity contribution is -0.104. The highest BCUT2D eigenvalue weighted by Gasteiger charge is 2.34. The van der Waals surface area contributed by atoms with Gasteiger partial charge in [0.05, 0.1) is 11.7 Å². The van der Waals surface area contributed by atoms with E-state index in [4.69, 9.17) is 4.74 Å². The number of methoxy groups -OCH3 is 1. The van der Waals surface area contributed by atoms with E-state index in [1.54, 1.807) is 7.11 Å². The van der Waals surface area contributed by atoms with Gasteiger partial charge in [0.25, 0.3) is 0 Å². The molecule has 0 aromatic carbocycles. The van der Waals surface area contributed by atoms with Gasteiger partial charge in [-0.2, -0.15) is 0 Å². The van der Waals surface area contributed by atoms with Crippen molar-refractivity contribution in [2.75, 3.05) is 7.11 Å². The molecule has 2 nitrogen and oxygen atoms in total. The average Bonchev–Trinajstić information content (AvgIpc) is 2.04. The Kier molecular flexibility index (Phi) is 2.90. The van der Waals surface area contributed by atoms with Gasteiger partial charge in [-0.25, -0.2) is 0 Å². The second-order valence-corrected chi connectivity index (χ2v) is 3.54. The van der Waals surface area contributed by atoms with Crippen molar-refractivity contribution in [3.05, 3.63) is 0 Å². The van der Waals surface area contributed by atoms with Crippen LogP contribution in [0.5, 0.6) is 0 Å². The normalized spacial score (nSPS) is 26.5. The van der Waals surface area contributed by atoms with Gasteiger partial charge in [-0.3, -0.25) is 0 Å². The summed E-state index contributed by atoms with van der Waals surface area (Å²) >= 11 is 0. The van der Waals surface area contributed by atoms with Crippen molar-refractivity contribution in [1.29, 1.82) is 0 Å². The SMILES string of the molecule is CO[C@@H](C)C1(O)CCCCC1. The number of ether oxygens (including phenoxy) is 1. The molecule has 0 unspecified atom stereocenters. The van der Waals surface area contributed by atoms with Gasteiger partial charge in [-0.05, 0) is 19.8 Å². The highest BCUT2D eigenvalue weighted by atomic mass is 16.5. The van der Waals surface area contributed by atoms with Gasteiger partial charge >= 0.3 is 0 Å². The molecule has 0 bridgehead atoms. The molecular formula is C9H18O2. The number of rotatable bonds is 2. The molecule has 0 saturated heterocycles. The molecule has 1 aliphatic carbocycles. The van der Waals surface area contributed by atoms with Gasteiger partial charge in [-0.1, -0.05) is 19.3 Å². The molecule has 1 N–H and O–H groups in total. The molecule has 0 aliphatic heterocycles. The first-order valence-electron chi connectivity index (χ1n) is 4.44. The van der Waals surface area contributed by atoms with Crippen molar-refractivity contribution >= 4 is 0 Å². The Bertz CT molecular complexity index is 117. The molecule has 66 valence electrons. The second kappa shape index (κ2) is 3.55. The largest absolute Gasteiger partial charge is 0.387 e. The van der Waals surface area contributed by atoms with Crippen molar-refractivity contribution in [2.45, 2.75) is 50.7 Å². The van der Waals surface area contributed by atoms with Crippen LogP contribution in [0.3, 0.4) is 0 Å². The third kappa shape index (κ3) is 1.94. The summed E-state index contributed by atoms with van der Waals surface area (Å²) in [7, 11) is 1.66. The highest BCUT2D eigenvalue weighted by Crippen LogP contribution is 2.31. The maximum atomic E-state index is 10.0. The Labute approximate surface area is 68.6 Å². The predicted molar refractivity (Wildman–Crippen MR) is 44.5 cm³/mol. The summed E-state index contributed by atoms with van der Waals surface area (Å²) in [4.78, 5) is 0. The molecule has 1 aliphatic rings. The van der Waals surface area contributed by atoms with Crippen molar-refractivity contribution in [3.8, 4) is 0 Å². The molecule has 1 rings (SSSR count). The van der Waals surface area contributed by atoms with E-state index in [1.807, 2.05) is 6.92 Å². The summed E-state index contributed by atoms with van der Waals surface area (Å²) in [6, 6.07) is 0. The molecular weight excluding hydrogens is 140 g/mol. The van der Waals surface area contributed by atoms with Crippen LogP contribution in [0.15, 0.2) is 0 Å². The predicted octanol–water partition coefficient (Wildman–Crippen LogP) is 1.72. The third-order valence-electron chi connectivity index (χ3n) is 2.83. The van der Waals surface area contributed by atoms with Gasteiger partial charge in [0, 0.05) is 7.11 Å². The van der Waals surface area contributed by atoms with Gasteiger partial charge in [0.15, 0.2) is 0 Å². The topological polar surface area (TPSA) is 29.5 Å². The number of hydrogen-bond donors (Lipinski definition) is 1. The van der Waals surface area contributed by atoms with E-state index in [9.17, 15) is 5.11 Å². The lowest BCUT2D eigenvalue weighted by Crippen LogP contribution is -2.43. The Morgan fingerprint density at radius 1 is 1.27 bits per heavy atom. The maximum Gasteiger partial charge on any atom is 0.0905 e. The summed E-state index contributed by atoms with van der Waals surface area (Å²) in [5, 5.41) is 10.0. The quantitative estimate of drug-likeness (QED) is 0.663. The molecule has 1 fully saturated rings. The van der Waals surface area contributed by atoms with Crippen LogP contribution in [0.25, 0.3) is 0 Å². The highest BCUT2D eigenvalue weighted by molar-refractivity contribution is 4.87. The fourth-order valence-electron chi connectivity index (χ4n) is 1.79. The molecule has 0 heterocycles. The summed E-state index contributed by atoms with van der Waals surface area (Å²) in [5.41, 5.74) is -0.535. The maximum absolute atomic E-state index is 10.0. The first-order valence-corrected chi connectivity index (χ1v) is 4.44. The fourth-order valence-corrected chi connectivity index (χ4v) is 1.79. The van der Waals surface area contributed by atoms with E-state index < -0.39 is 5.60 Å². The lowest BCUT2D eigenvalue weighted by Gasteiger charge is -2.36. The van der Waals surface area contributed by atoms with Crippen LogP contribution in [0.1, 0.15) is 39.0 Å². The zero-order chi connectivity index (χ0) is 8.32. The Morgan fingerprint density at radius 2 is 1.82 bits per heavy atom. The van der Waals surface area contributed by atoms with Gasteiger partial charge < -0.3 is 9.84 Å². The fraction of sp³-hybridized carbons (Fsp3) is 1.00. The van der Waals surface area contributed by atoms with Crippen LogP contribution in [0, 0.1) is 0 Å². The molecule has 0 aromatic heterocycles. The number of aliphatic hydroxyl groups is 1. The van der Waals surface area contributed by atoms with Crippen molar-refractivity contribution < 1.29 is 9.84 Å². The van der Waals surface area contributed by atoms with Crippen LogP contribution in [-0.4, -0.2) is 23.9 Å². The minimum absolute atomic E-state index is 0.0113. The minimum atomic E-state index is -0.535. The van der Waals surface area contributed by atoms with Crippen LogP contribution < -0.4 is 0 Å². The molecule has 0 amide bonds. The van der Waals surface area contributed by atoms with Crippen molar-refractivity contribution in [1.82, 2.24) is 0 Å². The van der Waals surface area contributed by atoms with Crippen LogP contribution >= 0.6 is 0 Å². The van der Waals surface area contributed by atoms with Crippen LogP contribution in [0.2, 0.25) is 0 Å². The zero-order valence-electron chi connectivity index (χ0n) is 7.47. The monoisotopic (exact) mass is 158 g/mol. The van der Waals surface area contributed by atoms with E-state index >= 15 is 0 Å². The Morgan fingerprint density at radius 3 is 2.27 bits per heavy atom. The molecule has 1 atom stereocenters. The van der Waals surface area contributed by atoms with E-state index in [0.29, 0.717) is 0 Å². The summed E-state index contributed by atoms with van der Waals surface area (Å²) in [5.74, 6) is 0. The standard InChI is InChI=1S/C9H18O2/c1-8(11-2)9(10)6-4-3-5-7-9/h8,10H,3-7H2,1-2H3/t8-/m0/s1. The molecule has 0 radical (unpaired) electrons.